The molecule has 0 saturated heterocycles. The Labute approximate surface area is 89.9 Å². The second-order valence-electron chi connectivity index (χ2n) is 3.51. The highest BCUT2D eigenvalue weighted by molar-refractivity contribution is 5.84. The Morgan fingerprint density at radius 3 is 2.94 bits per heavy atom. The number of nitrogens with zero attached hydrogens (tertiary/aromatic N) is 1. The number of aromatic nitrogens is 2. The smallest absolute Gasteiger partial charge is 0.172 e. The van der Waals surface area contributed by atoms with Crippen molar-refractivity contribution < 1.29 is 8.91 Å². The van der Waals surface area contributed by atoms with Crippen LogP contribution in [0.4, 0.5) is 10.2 Å². The molecule has 2 heterocycles. The van der Waals surface area contributed by atoms with Gasteiger partial charge < -0.3 is 15.2 Å². The summed E-state index contributed by atoms with van der Waals surface area (Å²) in [6.45, 7) is 0. The molecule has 1 aromatic carbocycles. The van der Waals surface area contributed by atoms with Gasteiger partial charge >= 0.3 is 0 Å². The van der Waals surface area contributed by atoms with E-state index in [-0.39, 0.29) is 11.6 Å². The highest BCUT2D eigenvalue weighted by Crippen LogP contribution is 2.28. The van der Waals surface area contributed by atoms with Gasteiger partial charge in [-0.1, -0.05) is 5.16 Å². The van der Waals surface area contributed by atoms with Gasteiger partial charge in [0, 0.05) is 23.2 Å². The molecule has 80 valence electrons. The summed E-state index contributed by atoms with van der Waals surface area (Å²) in [7, 11) is 0. The molecule has 3 aromatic rings. The predicted octanol–water partition coefficient (Wildman–Crippen LogP) is 2.54. The number of fused-ring (bicyclic) bond motifs is 1. The van der Waals surface area contributed by atoms with Gasteiger partial charge in [0.05, 0.1) is 5.56 Å². The van der Waals surface area contributed by atoms with E-state index in [1.165, 1.54) is 12.1 Å². The Morgan fingerprint density at radius 1 is 1.31 bits per heavy atom. The van der Waals surface area contributed by atoms with Crippen LogP contribution in [0.5, 0.6) is 0 Å². The number of halogens is 1. The first-order chi connectivity index (χ1) is 7.74. The van der Waals surface area contributed by atoms with Gasteiger partial charge in [-0.15, -0.1) is 0 Å². The molecule has 0 aliphatic carbocycles. The lowest BCUT2D eigenvalue weighted by molar-refractivity contribution is 0.433. The summed E-state index contributed by atoms with van der Waals surface area (Å²) < 4.78 is 18.7. The van der Waals surface area contributed by atoms with Crippen LogP contribution in [-0.4, -0.2) is 10.1 Å². The second-order valence-corrected chi connectivity index (χ2v) is 3.51. The van der Waals surface area contributed by atoms with Gasteiger partial charge in [0.1, 0.15) is 5.82 Å². The number of hydrogen-bond acceptors (Lipinski definition) is 3. The highest BCUT2D eigenvalue weighted by atomic mass is 19.1. The number of nitrogens with two attached hydrogens (primary N) is 1. The average molecular weight is 217 g/mol. The fourth-order valence-electron chi connectivity index (χ4n) is 1.68. The maximum atomic E-state index is 13.7. The fourth-order valence-corrected chi connectivity index (χ4v) is 1.68. The molecule has 3 rings (SSSR count). The zero-order valence-corrected chi connectivity index (χ0v) is 8.20. The first-order valence-corrected chi connectivity index (χ1v) is 4.73. The van der Waals surface area contributed by atoms with E-state index in [0.29, 0.717) is 11.3 Å². The molecule has 4 nitrogen and oxygen atoms in total. The summed E-state index contributed by atoms with van der Waals surface area (Å²) >= 11 is 0. The van der Waals surface area contributed by atoms with E-state index in [4.69, 9.17) is 10.3 Å². The van der Waals surface area contributed by atoms with Crippen molar-refractivity contribution in [1.29, 1.82) is 0 Å². The SMILES string of the molecule is Nc1cc(-c2cc3[nH]ccc3cc2F)on1. The van der Waals surface area contributed by atoms with Crippen LogP contribution in [0.2, 0.25) is 0 Å². The number of benzene rings is 1. The first kappa shape index (κ1) is 8.96. The van der Waals surface area contributed by atoms with Gasteiger partial charge in [0.15, 0.2) is 11.6 Å². The van der Waals surface area contributed by atoms with Crippen LogP contribution >= 0.6 is 0 Å². The molecule has 0 fully saturated rings. The highest BCUT2D eigenvalue weighted by Gasteiger charge is 2.12. The topological polar surface area (TPSA) is 67.8 Å². The van der Waals surface area contributed by atoms with Crippen LogP contribution in [0.15, 0.2) is 35.0 Å². The number of H-pyrrole nitrogens is 1. The molecule has 5 heteroatoms. The monoisotopic (exact) mass is 217 g/mol. The zero-order chi connectivity index (χ0) is 11.1. The molecule has 0 atom stereocenters. The van der Waals surface area contributed by atoms with Crippen molar-refractivity contribution in [2.24, 2.45) is 0 Å². The van der Waals surface area contributed by atoms with Crippen molar-refractivity contribution in [3.8, 4) is 11.3 Å². The van der Waals surface area contributed by atoms with Gasteiger partial charge in [0.25, 0.3) is 0 Å². The Morgan fingerprint density at radius 2 is 2.19 bits per heavy atom. The molecule has 0 aliphatic heterocycles. The predicted molar refractivity (Wildman–Crippen MR) is 58.2 cm³/mol. The number of nitrogens with one attached hydrogen (secondary N) is 1. The van der Waals surface area contributed by atoms with E-state index in [0.717, 1.165) is 10.9 Å². The van der Waals surface area contributed by atoms with Crippen LogP contribution in [0.1, 0.15) is 0 Å². The van der Waals surface area contributed by atoms with Crippen LogP contribution in [0, 0.1) is 5.82 Å². The number of aromatic amines is 1. The van der Waals surface area contributed by atoms with Crippen molar-refractivity contribution >= 4 is 16.7 Å². The maximum Gasteiger partial charge on any atom is 0.172 e. The summed E-state index contributed by atoms with van der Waals surface area (Å²) in [6, 6.07) is 6.41. The summed E-state index contributed by atoms with van der Waals surface area (Å²) in [4.78, 5) is 3.00. The maximum absolute atomic E-state index is 13.7. The number of rotatable bonds is 1. The van der Waals surface area contributed by atoms with Gasteiger partial charge in [0.2, 0.25) is 0 Å². The Bertz CT molecular complexity index is 656. The number of hydrogen-bond donors (Lipinski definition) is 2. The van der Waals surface area contributed by atoms with Crippen molar-refractivity contribution in [1.82, 2.24) is 10.1 Å². The minimum atomic E-state index is -0.358. The minimum Gasteiger partial charge on any atom is -0.381 e. The molecule has 0 radical (unpaired) electrons. The van der Waals surface area contributed by atoms with Crippen molar-refractivity contribution in [2.45, 2.75) is 0 Å². The first-order valence-electron chi connectivity index (χ1n) is 4.73. The molecule has 16 heavy (non-hydrogen) atoms. The second kappa shape index (κ2) is 3.10. The average Bonchev–Trinajstić information content (AvgIpc) is 2.84. The summed E-state index contributed by atoms with van der Waals surface area (Å²) in [5, 5.41) is 4.34. The van der Waals surface area contributed by atoms with Crippen molar-refractivity contribution in [2.75, 3.05) is 5.73 Å². The van der Waals surface area contributed by atoms with Gasteiger partial charge in [-0.25, -0.2) is 4.39 Å². The Kier molecular flexibility index (Phi) is 1.73. The molecular formula is C11H8FN3O. The molecule has 3 N–H and O–H groups in total. The summed E-state index contributed by atoms with van der Waals surface area (Å²) in [5.41, 5.74) is 6.61. The Hall–Kier alpha value is -2.30. The third kappa shape index (κ3) is 1.25. The van der Waals surface area contributed by atoms with E-state index in [1.807, 2.05) is 0 Å². The molecule has 2 aromatic heterocycles. The fraction of sp³-hybridized carbons (Fsp3) is 0. The van der Waals surface area contributed by atoms with Crippen molar-refractivity contribution in [3.63, 3.8) is 0 Å². The van der Waals surface area contributed by atoms with Crippen LogP contribution in [0.3, 0.4) is 0 Å². The Balaban J connectivity index is 2.26. The lowest BCUT2D eigenvalue weighted by Gasteiger charge is -1.98. The largest absolute Gasteiger partial charge is 0.381 e. The zero-order valence-electron chi connectivity index (χ0n) is 8.20. The third-order valence-electron chi connectivity index (χ3n) is 2.43. The van der Waals surface area contributed by atoms with E-state index in [9.17, 15) is 4.39 Å². The van der Waals surface area contributed by atoms with E-state index >= 15 is 0 Å². The van der Waals surface area contributed by atoms with E-state index in [2.05, 4.69) is 10.1 Å². The number of nitrogen functional groups attached to an aromatic ring is 1. The molecular weight excluding hydrogens is 209 g/mol. The molecule has 0 unspecified atom stereocenters. The van der Waals surface area contributed by atoms with Crippen LogP contribution < -0.4 is 5.73 Å². The molecule has 0 aliphatic rings. The van der Waals surface area contributed by atoms with Crippen molar-refractivity contribution in [3.05, 3.63) is 36.3 Å². The molecule has 0 spiro atoms. The lowest BCUT2D eigenvalue weighted by Crippen LogP contribution is -1.83. The normalized spacial score (nSPS) is 11.1. The summed E-state index contributed by atoms with van der Waals surface area (Å²) in [5.74, 6) is 0.204. The third-order valence-corrected chi connectivity index (χ3v) is 2.43. The number of anilines is 1. The van der Waals surface area contributed by atoms with Gasteiger partial charge in [-0.2, -0.15) is 0 Å². The quantitative estimate of drug-likeness (QED) is 0.658. The molecule has 0 amide bonds. The summed E-state index contributed by atoms with van der Waals surface area (Å²) in [6.07, 6.45) is 1.75. The van der Waals surface area contributed by atoms with E-state index < -0.39 is 0 Å². The van der Waals surface area contributed by atoms with Gasteiger partial charge in [-0.3, -0.25) is 0 Å². The molecule has 0 saturated carbocycles. The van der Waals surface area contributed by atoms with Crippen LogP contribution in [-0.2, 0) is 0 Å². The molecule has 0 bridgehead atoms. The minimum absolute atomic E-state index is 0.237. The standard InChI is InChI=1S/C11H8FN3O/c12-8-3-6-1-2-14-9(6)4-7(8)10-5-11(13)15-16-10/h1-5,14H,(H2,13,15). The van der Waals surface area contributed by atoms with E-state index in [1.54, 1.807) is 18.3 Å². The van der Waals surface area contributed by atoms with Crippen LogP contribution in [0.25, 0.3) is 22.2 Å². The van der Waals surface area contributed by atoms with Gasteiger partial charge in [-0.05, 0) is 18.2 Å². The lowest BCUT2D eigenvalue weighted by atomic mass is 10.1.